The zero-order chi connectivity index (χ0) is 25.2. The number of anilines is 1. The smallest absolute Gasteiger partial charge is 0.255 e. The van der Waals surface area contributed by atoms with Crippen molar-refractivity contribution in [2.24, 2.45) is 0 Å². The molecule has 182 valence electrons. The number of amides is 2. The van der Waals surface area contributed by atoms with Gasteiger partial charge in [0.15, 0.2) is 11.6 Å². The van der Waals surface area contributed by atoms with Crippen molar-refractivity contribution < 1.29 is 18.7 Å². The van der Waals surface area contributed by atoms with Crippen LogP contribution in [0.4, 0.5) is 10.1 Å². The molecule has 36 heavy (non-hydrogen) atoms. The SMILES string of the molecule is C=CC(=O)N1CCC[C@H]1c1nc(-c2ccc(C(=O)Nc3cccc(OC)c3F)cc2)c2cnccn12. The van der Waals surface area contributed by atoms with Crippen LogP contribution in [0.3, 0.4) is 0 Å². The molecule has 0 spiro atoms. The lowest BCUT2D eigenvalue weighted by molar-refractivity contribution is -0.127. The second kappa shape index (κ2) is 9.61. The molecule has 0 aliphatic carbocycles. The Balaban J connectivity index is 1.45. The molecule has 1 fully saturated rings. The molecule has 0 bridgehead atoms. The van der Waals surface area contributed by atoms with Crippen LogP contribution in [-0.4, -0.2) is 44.7 Å². The topological polar surface area (TPSA) is 88.8 Å². The summed E-state index contributed by atoms with van der Waals surface area (Å²) >= 11 is 0. The molecule has 5 rings (SSSR count). The van der Waals surface area contributed by atoms with Gasteiger partial charge in [-0.1, -0.05) is 24.8 Å². The molecule has 0 unspecified atom stereocenters. The first-order valence-corrected chi connectivity index (χ1v) is 11.5. The van der Waals surface area contributed by atoms with Crippen LogP contribution in [-0.2, 0) is 4.79 Å². The first-order chi connectivity index (χ1) is 17.5. The summed E-state index contributed by atoms with van der Waals surface area (Å²) in [4.78, 5) is 36.1. The van der Waals surface area contributed by atoms with Gasteiger partial charge in [0.25, 0.3) is 5.91 Å². The Bertz CT molecular complexity index is 1460. The number of methoxy groups -OCH3 is 1. The zero-order valence-corrected chi connectivity index (χ0v) is 19.6. The van der Waals surface area contributed by atoms with E-state index in [0.717, 1.165) is 29.7 Å². The second-order valence-electron chi connectivity index (χ2n) is 8.40. The maximum absolute atomic E-state index is 14.4. The fourth-order valence-electron chi connectivity index (χ4n) is 4.56. The van der Waals surface area contributed by atoms with Crippen molar-refractivity contribution in [2.75, 3.05) is 19.0 Å². The number of likely N-dealkylation sites (tertiary alicyclic amines) is 1. The quantitative estimate of drug-likeness (QED) is 0.402. The van der Waals surface area contributed by atoms with E-state index in [1.54, 1.807) is 47.6 Å². The molecule has 1 aliphatic rings. The number of rotatable bonds is 6. The molecule has 2 amide bonds. The van der Waals surface area contributed by atoms with Crippen LogP contribution in [0.15, 0.2) is 73.7 Å². The number of carbonyl (C=O) groups is 2. The highest BCUT2D eigenvalue weighted by Gasteiger charge is 2.32. The lowest BCUT2D eigenvalue weighted by Crippen LogP contribution is -2.29. The molecule has 0 saturated carbocycles. The zero-order valence-electron chi connectivity index (χ0n) is 19.6. The van der Waals surface area contributed by atoms with E-state index in [0.29, 0.717) is 17.8 Å². The molecule has 1 N–H and O–H groups in total. The maximum Gasteiger partial charge on any atom is 0.255 e. The third kappa shape index (κ3) is 4.08. The van der Waals surface area contributed by atoms with Crippen molar-refractivity contribution >= 4 is 23.0 Å². The van der Waals surface area contributed by atoms with E-state index in [4.69, 9.17) is 9.72 Å². The van der Waals surface area contributed by atoms with Gasteiger partial charge in [-0.2, -0.15) is 0 Å². The molecule has 2 aromatic heterocycles. The van der Waals surface area contributed by atoms with Gasteiger partial charge in [-0.05, 0) is 43.2 Å². The monoisotopic (exact) mass is 485 g/mol. The van der Waals surface area contributed by atoms with Gasteiger partial charge in [0.1, 0.15) is 5.82 Å². The minimum absolute atomic E-state index is 0.0365. The Morgan fingerprint density at radius 1 is 1.22 bits per heavy atom. The van der Waals surface area contributed by atoms with Gasteiger partial charge in [0, 0.05) is 30.1 Å². The van der Waals surface area contributed by atoms with Gasteiger partial charge in [-0.3, -0.25) is 19.0 Å². The molecule has 9 heteroatoms. The van der Waals surface area contributed by atoms with Crippen LogP contribution in [0.2, 0.25) is 0 Å². The van der Waals surface area contributed by atoms with Crippen molar-refractivity contribution in [3.05, 3.63) is 90.9 Å². The van der Waals surface area contributed by atoms with Crippen LogP contribution >= 0.6 is 0 Å². The van der Waals surface area contributed by atoms with Crippen LogP contribution in [0.25, 0.3) is 16.8 Å². The molecule has 0 radical (unpaired) electrons. The van der Waals surface area contributed by atoms with Gasteiger partial charge in [-0.25, -0.2) is 9.37 Å². The third-order valence-electron chi connectivity index (χ3n) is 6.33. The molecule has 8 nitrogen and oxygen atoms in total. The number of nitrogens with one attached hydrogen (secondary N) is 1. The number of hydrogen-bond donors (Lipinski definition) is 1. The molecule has 3 heterocycles. The number of carbonyl (C=O) groups excluding carboxylic acids is 2. The number of imidazole rings is 1. The number of hydrogen-bond acceptors (Lipinski definition) is 5. The minimum Gasteiger partial charge on any atom is -0.494 e. The molecular formula is C27H24FN5O3. The average Bonchev–Trinajstić information content (AvgIpc) is 3.54. The average molecular weight is 486 g/mol. The number of aromatic nitrogens is 3. The van der Waals surface area contributed by atoms with Crippen LogP contribution in [0.1, 0.15) is 35.1 Å². The highest BCUT2D eigenvalue weighted by Crippen LogP contribution is 2.35. The molecule has 4 aromatic rings. The van der Waals surface area contributed by atoms with Crippen molar-refractivity contribution in [3.63, 3.8) is 0 Å². The van der Waals surface area contributed by atoms with E-state index in [2.05, 4.69) is 16.9 Å². The predicted molar refractivity (Wildman–Crippen MR) is 133 cm³/mol. The van der Waals surface area contributed by atoms with Crippen LogP contribution < -0.4 is 10.1 Å². The number of benzene rings is 2. The highest BCUT2D eigenvalue weighted by atomic mass is 19.1. The Kier molecular flexibility index (Phi) is 6.20. The van der Waals surface area contributed by atoms with Crippen LogP contribution in [0, 0.1) is 5.82 Å². The largest absolute Gasteiger partial charge is 0.494 e. The standard InChI is InChI=1S/C27H24FN5O3/c1-3-23(34)32-14-5-7-20(32)26-31-25(21-16-29-13-15-33(21)26)17-9-11-18(12-10-17)27(35)30-19-6-4-8-22(36-2)24(19)28/h3-4,6,8-13,15-16,20H,1,5,7,14H2,2H3,(H,30,35)/t20-/m0/s1. The van der Waals surface area contributed by atoms with Crippen molar-refractivity contribution in [1.29, 1.82) is 0 Å². The first kappa shape index (κ1) is 23.2. The Labute approximate surface area is 207 Å². The summed E-state index contributed by atoms with van der Waals surface area (Å²) < 4.78 is 21.4. The van der Waals surface area contributed by atoms with E-state index in [-0.39, 0.29) is 23.4 Å². The lowest BCUT2D eigenvalue weighted by Gasteiger charge is -2.22. The molecule has 1 atom stereocenters. The van der Waals surface area contributed by atoms with Gasteiger partial charge >= 0.3 is 0 Å². The summed E-state index contributed by atoms with van der Waals surface area (Å²) in [6, 6.07) is 11.3. The van der Waals surface area contributed by atoms with Crippen molar-refractivity contribution in [3.8, 4) is 17.0 Å². The Hall–Kier alpha value is -4.53. The van der Waals surface area contributed by atoms with Gasteiger partial charge in [-0.15, -0.1) is 0 Å². The van der Waals surface area contributed by atoms with Crippen LogP contribution in [0.5, 0.6) is 5.75 Å². The third-order valence-corrected chi connectivity index (χ3v) is 6.33. The molecule has 1 aliphatic heterocycles. The van der Waals surface area contributed by atoms with Crippen molar-refractivity contribution in [2.45, 2.75) is 18.9 Å². The fourth-order valence-corrected chi connectivity index (χ4v) is 4.56. The summed E-state index contributed by atoms with van der Waals surface area (Å²) in [5.41, 5.74) is 2.68. The normalized spacial score (nSPS) is 15.2. The maximum atomic E-state index is 14.4. The van der Waals surface area contributed by atoms with Gasteiger partial charge in [0.05, 0.1) is 36.2 Å². The second-order valence-corrected chi connectivity index (χ2v) is 8.40. The number of fused-ring (bicyclic) bond motifs is 1. The van der Waals surface area contributed by atoms with E-state index in [1.165, 1.54) is 25.3 Å². The highest BCUT2D eigenvalue weighted by molar-refractivity contribution is 6.04. The van der Waals surface area contributed by atoms with E-state index in [1.807, 2.05) is 10.6 Å². The summed E-state index contributed by atoms with van der Waals surface area (Å²) in [5, 5.41) is 2.58. The van der Waals surface area contributed by atoms with E-state index < -0.39 is 11.7 Å². The summed E-state index contributed by atoms with van der Waals surface area (Å²) in [7, 11) is 1.37. The Morgan fingerprint density at radius 2 is 2.03 bits per heavy atom. The summed E-state index contributed by atoms with van der Waals surface area (Å²) in [6.07, 6.45) is 8.27. The summed E-state index contributed by atoms with van der Waals surface area (Å²) in [5.74, 6) is -0.395. The number of halogens is 1. The van der Waals surface area contributed by atoms with Crippen molar-refractivity contribution in [1.82, 2.24) is 19.3 Å². The van der Waals surface area contributed by atoms with Gasteiger partial charge < -0.3 is 15.0 Å². The van der Waals surface area contributed by atoms with Gasteiger partial charge in [0.2, 0.25) is 5.91 Å². The fraction of sp³-hybridized carbons (Fsp3) is 0.185. The van der Waals surface area contributed by atoms with E-state index >= 15 is 0 Å². The number of nitrogens with zero attached hydrogens (tertiary/aromatic N) is 4. The first-order valence-electron chi connectivity index (χ1n) is 11.5. The summed E-state index contributed by atoms with van der Waals surface area (Å²) in [6.45, 7) is 4.28. The number of ether oxygens (including phenoxy) is 1. The van der Waals surface area contributed by atoms with E-state index in [9.17, 15) is 14.0 Å². The molecule has 1 saturated heterocycles. The predicted octanol–water partition coefficient (Wildman–Crippen LogP) is 4.65. The lowest BCUT2D eigenvalue weighted by atomic mass is 10.1. The Morgan fingerprint density at radius 3 is 2.78 bits per heavy atom. The minimum atomic E-state index is -0.634. The molecular weight excluding hydrogens is 461 g/mol. The molecule has 2 aromatic carbocycles.